The van der Waals surface area contributed by atoms with Crippen LogP contribution in [0.1, 0.15) is 61.3 Å². The smallest absolute Gasteiger partial charge is 0.317 e. The summed E-state index contributed by atoms with van der Waals surface area (Å²) < 4.78 is 1.75. The molecule has 0 aliphatic carbocycles. The Labute approximate surface area is 148 Å². The number of carbonyl (C=O) groups excluding carboxylic acids is 1. The number of amides is 2. The van der Waals surface area contributed by atoms with Gasteiger partial charge in [-0.05, 0) is 33.1 Å². The first-order valence-electron chi connectivity index (χ1n) is 9.12. The number of anilines is 1. The minimum Gasteiger partial charge on any atom is -0.317 e. The summed E-state index contributed by atoms with van der Waals surface area (Å²) in [6.07, 6.45) is 6.96. The molecule has 136 valence electrons. The first-order valence-corrected chi connectivity index (χ1v) is 9.12. The first kappa shape index (κ1) is 17.5. The summed E-state index contributed by atoms with van der Waals surface area (Å²) >= 11 is 0. The van der Waals surface area contributed by atoms with Gasteiger partial charge in [-0.3, -0.25) is 9.78 Å². The van der Waals surface area contributed by atoms with Gasteiger partial charge in [-0.25, -0.2) is 4.79 Å². The molecule has 0 unspecified atom stereocenters. The zero-order valence-electron chi connectivity index (χ0n) is 15.6. The number of carbonyl (C=O) groups is 1. The van der Waals surface area contributed by atoms with E-state index in [1.807, 2.05) is 38.9 Å². The lowest BCUT2D eigenvalue weighted by molar-refractivity contribution is 0.189. The molecule has 1 saturated heterocycles. The van der Waals surface area contributed by atoms with E-state index in [4.69, 9.17) is 0 Å². The predicted octanol–water partition coefficient (Wildman–Crippen LogP) is 3.47. The maximum Gasteiger partial charge on any atom is 0.322 e. The van der Waals surface area contributed by atoms with Crippen LogP contribution in [0.5, 0.6) is 0 Å². The van der Waals surface area contributed by atoms with Crippen LogP contribution in [-0.2, 0) is 13.5 Å². The zero-order valence-corrected chi connectivity index (χ0v) is 15.6. The van der Waals surface area contributed by atoms with Gasteiger partial charge in [0, 0.05) is 31.0 Å². The molecule has 3 heterocycles. The van der Waals surface area contributed by atoms with Crippen LogP contribution in [-0.4, -0.2) is 37.5 Å². The zero-order chi connectivity index (χ0) is 18.0. The summed E-state index contributed by atoms with van der Waals surface area (Å²) in [7, 11) is 1.88. The number of nitrogens with one attached hydrogen (secondary N) is 2. The van der Waals surface area contributed by atoms with Crippen LogP contribution in [0.3, 0.4) is 0 Å². The Morgan fingerprint density at radius 2 is 2.16 bits per heavy atom. The number of hydrogen-bond acceptors (Lipinski definition) is 3. The maximum atomic E-state index is 13.1. The summed E-state index contributed by atoms with van der Waals surface area (Å²) in [5, 5.41) is 14.9. The van der Waals surface area contributed by atoms with Crippen molar-refractivity contribution in [2.75, 3.05) is 11.9 Å². The maximum absolute atomic E-state index is 13.1. The van der Waals surface area contributed by atoms with Gasteiger partial charge in [-0.15, -0.1) is 0 Å². The van der Waals surface area contributed by atoms with Gasteiger partial charge in [0.2, 0.25) is 0 Å². The number of hydrogen-bond donors (Lipinski definition) is 2. The largest absolute Gasteiger partial charge is 0.322 e. The highest BCUT2D eigenvalue weighted by Crippen LogP contribution is 2.33. The molecule has 0 aromatic carbocycles. The molecule has 7 nitrogen and oxygen atoms in total. The van der Waals surface area contributed by atoms with Gasteiger partial charge in [-0.1, -0.05) is 19.8 Å². The van der Waals surface area contributed by atoms with Crippen LogP contribution >= 0.6 is 0 Å². The molecule has 2 aromatic rings. The molecule has 2 amide bonds. The molecule has 1 aliphatic heterocycles. The van der Waals surface area contributed by atoms with Crippen LogP contribution < -0.4 is 5.32 Å². The number of H-pyrrole nitrogens is 1. The Morgan fingerprint density at radius 1 is 1.36 bits per heavy atom. The molecule has 0 bridgehead atoms. The number of rotatable bonds is 3. The van der Waals surface area contributed by atoms with Crippen molar-refractivity contribution in [1.82, 2.24) is 24.9 Å². The van der Waals surface area contributed by atoms with Gasteiger partial charge >= 0.3 is 6.03 Å². The Morgan fingerprint density at radius 3 is 2.84 bits per heavy atom. The van der Waals surface area contributed by atoms with E-state index in [1.54, 1.807) is 4.68 Å². The molecule has 3 rings (SSSR count). The lowest BCUT2D eigenvalue weighted by Gasteiger charge is -2.30. The summed E-state index contributed by atoms with van der Waals surface area (Å²) in [6.45, 7) is 6.86. The molecular weight excluding hydrogens is 316 g/mol. The van der Waals surface area contributed by atoms with E-state index in [-0.39, 0.29) is 12.1 Å². The van der Waals surface area contributed by atoms with Gasteiger partial charge in [0.25, 0.3) is 0 Å². The number of aromatic nitrogens is 4. The van der Waals surface area contributed by atoms with E-state index in [2.05, 4.69) is 20.6 Å². The van der Waals surface area contributed by atoms with Crippen LogP contribution in [0.25, 0.3) is 0 Å². The fraction of sp³-hybridized carbons (Fsp3) is 0.611. The minimum absolute atomic E-state index is 0.0467. The van der Waals surface area contributed by atoms with Gasteiger partial charge < -0.3 is 10.2 Å². The van der Waals surface area contributed by atoms with E-state index in [0.717, 1.165) is 61.4 Å². The molecular formula is C18H28N6O. The van der Waals surface area contributed by atoms with Crippen molar-refractivity contribution in [1.29, 1.82) is 0 Å². The molecule has 25 heavy (non-hydrogen) atoms. The standard InChI is InChI=1S/C18H28N6O/c1-5-14-15(11-23(4)22-14)19-18(25)24-10-8-6-7-9-16(24)17-12(2)20-21-13(17)3/h11,16H,5-10H2,1-4H3,(H,19,25)(H,20,21)/t16-/m0/s1. The average molecular weight is 344 g/mol. The number of urea groups is 1. The molecule has 2 aromatic heterocycles. The average Bonchev–Trinajstić information content (AvgIpc) is 2.99. The second-order valence-electron chi connectivity index (χ2n) is 6.85. The number of nitrogens with zero attached hydrogens (tertiary/aromatic N) is 4. The Hall–Kier alpha value is -2.31. The van der Waals surface area contributed by atoms with Crippen molar-refractivity contribution < 1.29 is 4.79 Å². The monoisotopic (exact) mass is 344 g/mol. The fourth-order valence-electron chi connectivity index (χ4n) is 3.79. The van der Waals surface area contributed by atoms with E-state index in [0.29, 0.717) is 0 Å². The van der Waals surface area contributed by atoms with Gasteiger partial charge in [0.1, 0.15) is 0 Å². The summed E-state index contributed by atoms with van der Waals surface area (Å²) in [5.74, 6) is 0. The Kier molecular flexibility index (Phi) is 5.11. The van der Waals surface area contributed by atoms with Gasteiger partial charge in [-0.2, -0.15) is 10.2 Å². The lowest BCUT2D eigenvalue weighted by Crippen LogP contribution is -2.38. The fourth-order valence-corrected chi connectivity index (χ4v) is 3.79. The SMILES string of the molecule is CCc1nn(C)cc1NC(=O)N1CCCCC[C@H]1c1c(C)n[nH]c1C. The van der Waals surface area contributed by atoms with Crippen molar-refractivity contribution >= 4 is 11.7 Å². The lowest BCUT2D eigenvalue weighted by atomic mass is 9.99. The van der Waals surface area contributed by atoms with Crippen LogP contribution in [0.15, 0.2) is 6.20 Å². The number of likely N-dealkylation sites (tertiary alicyclic amines) is 1. The summed E-state index contributed by atoms with van der Waals surface area (Å²) in [6, 6.07) is 0.0256. The highest BCUT2D eigenvalue weighted by molar-refractivity contribution is 5.90. The van der Waals surface area contributed by atoms with Crippen molar-refractivity contribution in [3.63, 3.8) is 0 Å². The predicted molar refractivity (Wildman–Crippen MR) is 97.6 cm³/mol. The quantitative estimate of drug-likeness (QED) is 0.895. The van der Waals surface area contributed by atoms with Crippen molar-refractivity contribution in [3.8, 4) is 0 Å². The van der Waals surface area contributed by atoms with Crippen molar-refractivity contribution in [2.24, 2.45) is 7.05 Å². The van der Waals surface area contributed by atoms with Crippen LogP contribution in [0, 0.1) is 13.8 Å². The van der Waals surface area contributed by atoms with Crippen LogP contribution in [0.4, 0.5) is 10.5 Å². The third-order valence-corrected chi connectivity index (χ3v) is 5.01. The second-order valence-corrected chi connectivity index (χ2v) is 6.85. The normalized spacial score (nSPS) is 18.2. The molecule has 1 aliphatic rings. The van der Waals surface area contributed by atoms with Gasteiger partial charge in [0.15, 0.2) is 0 Å². The Bertz CT molecular complexity index is 727. The van der Waals surface area contributed by atoms with E-state index < -0.39 is 0 Å². The number of aryl methyl sites for hydroxylation is 4. The third kappa shape index (κ3) is 3.55. The third-order valence-electron chi connectivity index (χ3n) is 5.01. The molecule has 1 atom stereocenters. The van der Waals surface area contributed by atoms with Crippen molar-refractivity contribution in [3.05, 3.63) is 28.8 Å². The highest BCUT2D eigenvalue weighted by atomic mass is 16.2. The van der Waals surface area contributed by atoms with Gasteiger partial charge in [0.05, 0.1) is 23.1 Å². The molecule has 1 fully saturated rings. The Balaban J connectivity index is 1.87. The first-order chi connectivity index (χ1) is 12.0. The minimum atomic E-state index is -0.0467. The van der Waals surface area contributed by atoms with E-state index in [1.165, 1.54) is 5.56 Å². The topological polar surface area (TPSA) is 78.8 Å². The van der Waals surface area contributed by atoms with E-state index in [9.17, 15) is 4.79 Å². The van der Waals surface area contributed by atoms with E-state index >= 15 is 0 Å². The molecule has 0 spiro atoms. The van der Waals surface area contributed by atoms with Crippen molar-refractivity contribution in [2.45, 2.75) is 58.9 Å². The molecule has 0 saturated carbocycles. The molecule has 2 N–H and O–H groups in total. The highest BCUT2D eigenvalue weighted by Gasteiger charge is 2.30. The summed E-state index contributed by atoms with van der Waals surface area (Å²) in [5.41, 5.74) is 4.92. The second kappa shape index (κ2) is 7.29. The van der Waals surface area contributed by atoms with Crippen LogP contribution in [0.2, 0.25) is 0 Å². The summed E-state index contributed by atoms with van der Waals surface area (Å²) in [4.78, 5) is 15.0. The molecule has 7 heteroatoms. The number of aromatic amines is 1. The molecule has 0 radical (unpaired) electrons.